The van der Waals surface area contributed by atoms with E-state index < -0.39 is 41.1 Å². The van der Waals surface area contributed by atoms with Crippen LogP contribution in [0.1, 0.15) is 43.5 Å². The maximum Gasteiger partial charge on any atom is 0.421 e. The van der Waals surface area contributed by atoms with Crippen molar-refractivity contribution in [2.24, 2.45) is 5.92 Å². The zero-order valence-corrected chi connectivity index (χ0v) is 22.1. The minimum Gasteiger partial charge on any atom is -0.448 e. The average molecular weight is 562 g/mol. The zero-order chi connectivity index (χ0) is 27.4. The number of hydrogen-bond acceptors (Lipinski definition) is 6. The summed E-state index contributed by atoms with van der Waals surface area (Å²) in [5, 5.41) is 0. The lowest BCUT2D eigenvalue weighted by Gasteiger charge is -2.11. The number of hydrogen-bond donors (Lipinski definition) is 1. The molecular weight excluding hydrogens is 534 g/mol. The molecule has 0 aliphatic rings. The van der Waals surface area contributed by atoms with Crippen LogP contribution in [0.2, 0.25) is 0 Å². The number of aromatic nitrogens is 2. The van der Waals surface area contributed by atoms with Crippen LogP contribution >= 0.6 is 11.3 Å². The van der Waals surface area contributed by atoms with Crippen LogP contribution in [0.3, 0.4) is 0 Å². The number of benzene rings is 1. The Morgan fingerprint density at radius 1 is 1.24 bits per heavy atom. The van der Waals surface area contributed by atoms with Gasteiger partial charge in [-0.3, -0.25) is 0 Å². The molecular formula is C24H27F4N3O4S2. The van der Waals surface area contributed by atoms with Gasteiger partial charge in [-0.2, -0.15) is 13.2 Å². The lowest BCUT2D eigenvalue weighted by molar-refractivity contribution is -0.141. The van der Waals surface area contributed by atoms with Gasteiger partial charge in [-0.25, -0.2) is 27.3 Å². The largest absolute Gasteiger partial charge is 0.448 e. The van der Waals surface area contributed by atoms with Crippen molar-refractivity contribution in [3.8, 4) is 11.1 Å². The second kappa shape index (κ2) is 11.6. The Labute approximate surface area is 216 Å². The number of nitrogens with one attached hydrogen (secondary N) is 1. The van der Waals surface area contributed by atoms with E-state index in [0.717, 1.165) is 17.2 Å². The number of carbonyl (C=O) groups is 1. The number of rotatable bonds is 10. The van der Waals surface area contributed by atoms with Crippen LogP contribution in [0.5, 0.6) is 0 Å². The highest BCUT2D eigenvalue weighted by Crippen LogP contribution is 2.37. The highest BCUT2D eigenvalue weighted by molar-refractivity contribution is 7.92. The standard InChI is InChI=1S/C24H27F4N3O4S2/c1-4-21-29-8-9-31(21)14-17-6-5-16(12-20(17)25)19-13-18(11-15(2)3)36-22(19)37(33,34)30-23(32)35-10-7-24(26,27)28/h5-6,8-9,12-13,15H,4,7,10-11,14H2,1-3H3,(H,30,32). The van der Waals surface area contributed by atoms with Gasteiger partial charge in [-0.1, -0.05) is 32.9 Å². The fourth-order valence-corrected chi connectivity index (χ4v) is 6.44. The molecule has 202 valence electrons. The molecule has 0 spiro atoms. The highest BCUT2D eigenvalue weighted by Gasteiger charge is 2.29. The summed E-state index contributed by atoms with van der Waals surface area (Å²) < 4.78 is 85.6. The minimum atomic E-state index is -4.56. The summed E-state index contributed by atoms with van der Waals surface area (Å²) in [7, 11) is -4.51. The van der Waals surface area contributed by atoms with Crippen LogP contribution in [0, 0.1) is 11.7 Å². The molecule has 1 amide bonds. The van der Waals surface area contributed by atoms with Gasteiger partial charge in [0.05, 0.1) is 13.0 Å². The summed E-state index contributed by atoms with van der Waals surface area (Å²) in [6.07, 6.45) is -2.91. The Kier molecular flexibility index (Phi) is 9.00. The van der Waals surface area contributed by atoms with E-state index in [0.29, 0.717) is 23.3 Å². The SMILES string of the molecule is CCc1nccn1Cc1ccc(-c2cc(CC(C)C)sc2S(=O)(=O)NC(=O)OCCC(F)(F)F)cc1F. The molecule has 0 bridgehead atoms. The Hall–Kier alpha value is -2.93. The third-order valence-electron chi connectivity index (χ3n) is 5.26. The molecule has 0 unspecified atom stereocenters. The molecule has 0 aliphatic heterocycles. The predicted octanol–water partition coefficient (Wildman–Crippen LogP) is 5.93. The van der Waals surface area contributed by atoms with E-state index >= 15 is 4.39 Å². The van der Waals surface area contributed by atoms with Crippen LogP contribution in [0.4, 0.5) is 22.4 Å². The monoisotopic (exact) mass is 561 g/mol. The van der Waals surface area contributed by atoms with Crippen molar-refractivity contribution in [2.75, 3.05) is 6.61 Å². The summed E-state index contributed by atoms with van der Waals surface area (Å²) in [5.74, 6) is 0.429. The van der Waals surface area contributed by atoms with Crippen LogP contribution in [0.25, 0.3) is 11.1 Å². The fraction of sp³-hybridized carbons (Fsp3) is 0.417. The number of carbonyl (C=O) groups excluding carboxylic acids is 1. The Morgan fingerprint density at radius 3 is 2.59 bits per heavy atom. The highest BCUT2D eigenvalue weighted by atomic mass is 32.2. The van der Waals surface area contributed by atoms with Crippen LogP contribution in [-0.4, -0.2) is 36.8 Å². The Balaban J connectivity index is 1.90. The van der Waals surface area contributed by atoms with Crippen molar-refractivity contribution in [3.05, 3.63) is 58.7 Å². The third-order valence-corrected chi connectivity index (χ3v) is 8.27. The van der Waals surface area contributed by atoms with Crippen molar-refractivity contribution in [1.29, 1.82) is 0 Å². The van der Waals surface area contributed by atoms with E-state index in [1.807, 2.05) is 25.3 Å². The van der Waals surface area contributed by atoms with Gasteiger partial charge in [0.2, 0.25) is 0 Å². The second-order valence-electron chi connectivity index (χ2n) is 8.75. The summed E-state index contributed by atoms with van der Waals surface area (Å²) in [6, 6.07) is 5.98. The second-order valence-corrected chi connectivity index (χ2v) is 11.8. The van der Waals surface area contributed by atoms with Crippen LogP contribution in [-0.2, 0) is 34.1 Å². The van der Waals surface area contributed by atoms with Crippen LogP contribution in [0.15, 0.2) is 40.9 Å². The van der Waals surface area contributed by atoms with E-state index in [4.69, 9.17) is 0 Å². The molecule has 3 aromatic rings. The molecule has 2 aromatic heterocycles. The molecule has 0 atom stereocenters. The van der Waals surface area contributed by atoms with Gasteiger partial charge in [0.1, 0.15) is 22.5 Å². The molecule has 0 aliphatic carbocycles. The topological polar surface area (TPSA) is 90.3 Å². The number of alkyl halides is 3. The van der Waals surface area contributed by atoms with E-state index in [1.54, 1.807) is 35.3 Å². The van der Waals surface area contributed by atoms with Crippen molar-refractivity contribution >= 4 is 27.5 Å². The number of halogens is 4. The van der Waals surface area contributed by atoms with Crippen LogP contribution < -0.4 is 4.72 Å². The molecule has 3 rings (SSSR count). The lowest BCUT2D eigenvalue weighted by Crippen LogP contribution is -2.31. The van der Waals surface area contributed by atoms with E-state index in [2.05, 4.69) is 9.72 Å². The first kappa shape index (κ1) is 28.6. The number of aryl methyl sites for hydroxylation is 1. The number of amides is 1. The van der Waals surface area contributed by atoms with Crippen molar-refractivity contribution in [1.82, 2.24) is 14.3 Å². The molecule has 1 N–H and O–H groups in total. The zero-order valence-electron chi connectivity index (χ0n) is 20.4. The predicted molar refractivity (Wildman–Crippen MR) is 131 cm³/mol. The first-order chi connectivity index (χ1) is 17.3. The molecule has 1 aromatic carbocycles. The normalized spacial score (nSPS) is 12.2. The quantitative estimate of drug-likeness (QED) is 0.310. The summed E-state index contributed by atoms with van der Waals surface area (Å²) >= 11 is 0.905. The molecule has 37 heavy (non-hydrogen) atoms. The first-order valence-corrected chi connectivity index (χ1v) is 13.8. The first-order valence-electron chi connectivity index (χ1n) is 11.5. The summed E-state index contributed by atoms with van der Waals surface area (Å²) in [4.78, 5) is 16.8. The Bertz CT molecular complexity index is 1350. The van der Waals surface area contributed by atoms with Gasteiger partial charge in [0.15, 0.2) is 0 Å². The van der Waals surface area contributed by atoms with E-state index in [-0.39, 0.29) is 27.8 Å². The average Bonchev–Trinajstić information content (AvgIpc) is 3.40. The fourth-order valence-electron chi connectivity index (χ4n) is 3.60. The Morgan fingerprint density at radius 2 is 1.97 bits per heavy atom. The number of sulfonamides is 1. The smallest absolute Gasteiger partial charge is 0.421 e. The molecule has 0 radical (unpaired) electrons. The van der Waals surface area contributed by atoms with Gasteiger partial charge in [-0.05, 0) is 30.0 Å². The van der Waals surface area contributed by atoms with Gasteiger partial charge in [0, 0.05) is 34.8 Å². The van der Waals surface area contributed by atoms with Gasteiger partial charge < -0.3 is 9.30 Å². The number of thiophene rings is 1. The molecule has 13 heteroatoms. The third kappa shape index (κ3) is 7.78. The number of nitrogens with zero attached hydrogens (tertiary/aromatic N) is 2. The maximum atomic E-state index is 15.1. The summed E-state index contributed by atoms with van der Waals surface area (Å²) in [6.45, 7) is 5.04. The molecule has 2 heterocycles. The molecule has 7 nitrogen and oxygen atoms in total. The van der Waals surface area contributed by atoms with Gasteiger partial charge >= 0.3 is 12.3 Å². The molecule has 0 saturated heterocycles. The minimum absolute atomic E-state index is 0.179. The number of ether oxygens (including phenoxy) is 1. The number of imidazole rings is 1. The van der Waals surface area contributed by atoms with Crippen molar-refractivity contribution in [2.45, 2.75) is 57.0 Å². The molecule has 0 saturated carbocycles. The van der Waals surface area contributed by atoms with Gasteiger partial charge in [0.25, 0.3) is 10.0 Å². The molecule has 0 fully saturated rings. The van der Waals surface area contributed by atoms with Crippen molar-refractivity contribution < 1.29 is 35.5 Å². The maximum absolute atomic E-state index is 15.1. The van der Waals surface area contributed by atoms with Crippen molar-refractivity contribution in [3.63, 3.8) is 0 Å². The van der Waals surface area contributed by atoms with E-state index in [9.17, 15) is 26.4 Å². The summed E-state index contributed by atoms with van der Waals surface area (Å²) in [5.41, 5.74) is 0.836. The van der Waals surface area contributed by atoms with E-state index in [1.165, 1.54) is 6.07 Å². The van der Waals surface area contributed by atoms with Gasteiger partial charge in [-0.15, -0.1) is 11.3 Å². The lowest BCUT2D eigenvalue weighted by atomic mass is 10.0.